The molecule has 2 aromatic heterocycles. The molecular weight excluding hydrogens is 507 g/mol. The van der Waals surface area contributed by atoms with Crippen molar-refractivity contribution in [1.29, 1.82) is 0 Å². The monoisotopic (exact) mass is 538 g/mol. The number of nitrogens with zero attached hydrogens (tertiary/aromatic N) is 4. The third kappa shape index (κ3) is 7.09. The van der Waals surface area contributed by atoms with Crippen LogP contribution < -0.4 is 10.6 Å². The lowest BCUT2D eigenvalue weighted by molar-refractivity contribution is 0.595. The standard InChI is InChI=1S/C22H30N6S.HI/c1-4-19(20-7-6-14-29-20)26-22(24-15-18-10-8-17(3)9-11-18)23-12-13-28-16-25-27-21(28)5-2;/h6-11,14,16,19H,4-5,12-13,15H2,1-3H3,(H2,23,24,26);1H. The number of halogens is 1. The predicted molar refractivity (Wildman–Crippen MR) is 136 cm³/mol. The first-order valence-corrected chi connectivity index (χ1v) is 11.1. The van der Waals surface area contributed by atoms with Gasteiger partial charge >= 0.3 is 0 Å². The molecule has 3 rings (SSSR count). The minimum atomic E-state index is 0. The number of aryl methyl sites for hydroxylation is 2. The molecule has 2 N–H and O–H groups in total. The number of aromatic nitrogens is 3. The summed E-state index contributed by atoms with van der Waals surface area (Å²) in [7, 11) is 0. The van der Waals surface area contributed by atoms with E-state index in [1.807, 2.05) is 0 Å². The van der Waals surface area contributed by atoms with Gasteiger partial charge in [-0.3, -0.25) is 0 Å². The van der Waals surface area contributed by atoms with Crippen molar-refractivity contribution >= 4 is 41.3 Å². The maximum Gasteiger partial charge on any atom is 0.192 e. The van der Waals surface area contributed by atoms with Crippen molar-refractivity contribution in [1.82, 2.24) is 25.4 Å². The highest BCUT2D eigenvalue weighted by Gasteiger charge is 2.12. The van der Waals surface area contributed by atoms with Crippen LogP contribution in [0, 0.1) is 6.92 Å². The fourth-order valence-corrected chi connectivity index (χ4v) is 3.94. The summed E-state index contributed by atoms with van der Waals surface area (Å²) in [5.41, 5.74) is 2.46. The van der Waals surface area contributed by atoms with Gasteiger partial charge in [-0.15, -0.1) is 45.5 Å². The first kappa shape index (κ1) is 24.3. The third-order valence-corrected chi connectivity index (χ3v) is 5.79. The van der Waals surface area contributed by atoms with E-state index in [0.29, 0.717) is 6.54 Å². The van der Waals surface area contributed by atoms with E-state index in [4.69, 9.17) is 4.99 Å². The Labute approximate surface area is 200 Å². The number of thiophene rings is 1. The molecule has 1 atom stereocenters. The van der Waals surface area contributed by atoms with Gasteiger partial charge in [0.05, 0.1) is 12.6 Å². The first-order chi connectivity index (χ1) is 14.2. The Morgan fingerprint density at radius 2 is 2.00 bits per heavy atom. The van der Waals surface area contributed by atoms with E-state index < -0.39 is 0 Å². The topological polar surface area (TPSA) is 67.1 Å². The van der Waals surface area contributed by atoms with E-state index in [-0.39, 0.29) is 30.0 Å². The molecule has 3 aromatic rings. The zero-order valence-electron chi connectivity index (χ0n) is 17.8. The Hall–Kier alpha value is -1.94. The molecule has 0 aliphatic heterocycles. The average Bonchev–Trinajstić information content (AvgIpc) is 3.42. The molecule has 0 aliphatic carbocycles. The lowest BCUT2D eigenvalue weighted by Crippen LogP contribution is -2.40. The summed E-state index contributed by atoms with van der Waals surface area (Å²) < 4.78 is 2.08. The molecule has 0 bridgehead atoms. The molecule has 8 heteroatoms. The van der Waals surface area contributed by atoms with Crippen LogP contribution in [0.4, 0.5) is 0 Å². The van der Waals surface area contributed by atoms with Crippen molar-refractivity contribution in [3.63, 3.8) is 0 Å². The number of guanidine groups is 1. The van der Waals surface area contributed by atoms with E-state index in [9.17, 15) is 0 Å². The van der Waals surface area contributed by atoms with E-state index in [2.05, 4.69) is 87.9 Å². The second kappa shape index (κ2) is 12.7. The summed E-state index contributed by atoms with van der Waals surface area (Å²) in [5, 5.41) is 17.4. The van der Waals surface area contributed by atoms with Crippen LogP contribution in [0.1, 0.15) is 48.1 Å². The van der Waals surface area contributed by atoms with Crippen LogP contribution in [0.15, 0.2) is 53.1 Å². The fourth-order valence-electron chi connectivity index (χ4n) is 3.08. The van der Waals surface area contributed by atoms with Crippen LogP contribution in [0.25, 0.3) is 0 Å². The highest BCUT2D eigenvalue weighted by molar-refractivity contribution is 14.0. The number of hydrogen-bond donors (Lipinski definition) is 2. The quantitative estimate of drug-likeness (QED) is 0.235. The zero-order valence-corrected chi connectivity index (χ0v) is 21.0. The van der Waals surface area contributed by atoms with Crippen LogP contribution in [-0.2, 0) is 19.5 Å². The van der Waals surface area contributed by atoms with E-state index in [1.165, 1.54) is 16.0 Å². The summed E-state index contributed by atoms with van der Waals surface area (Å²) in [6, 6.07) is 13.1. The summed E-state index contributed by atoms with van der Waals surface area (Å²) in [5.74, 6) is 1.83. The molecule has 0 radical (unpaired) electrons. The number of benzene rings is 1. The largest absolute Gasteiger partial charge is 0.355 e. The number of rotatable bonds is 9. The van der Waals surface area contributed by atoms with Crippen molar-refractivity contribution in [2.24, 2.45) is 4.99 Å². The Morgan fingerprint density at radius 3 is 2.67 bits per heavy atom. The summed E-state index contributed by atoms with van der Waals surface area (Å²) in [6.07, 6.45) is 3.66. The van der Waals surface area contributed by atoms with Crippen LogP contribution in [-0.4, -0.2) is 27.3 Å². The molecule has 162 valence electrons. The third-order valence-electron chi connectivity index (χ3n) is 4.80. The van der Waals surface area contributed by atoms with Crippen molar-refractivity contribution in [2.75, 3.05) is 6.54 Å². The van der Waals surface area contributed by atoms with Gasteiger partial charge in [-0.1, -0.05) is 49.7 Å². The molecule has 0 saturated heterocycles. The number of aliphatic imine (C=N–C) groups is 1. The van der Waals surface area contributed by atoms with E-state index in [1.54, 1.807) is 17.7 Å². The Bertz CT molecular complexity index is 889. The van der Waals surface area contributed by atoms with Gasteiger partial charge in [0.25, 0.3) is 0 Å². The molecule has 2 heterocycles. The Kier molecular flexibility index (Phi) is 10.3. The van der Waals surface area contributed by atoms with E-state index >= 15 is 0 Å². The Morgan fingerprint density at radius 1 is 1.20 bits per heavy atom. The first-order valence-electron chi connectivity index (χ1n) is 10.2. The van der Waals surface area contributed by atoms with Gasteiger partial charge in [0.2, 0.25) is 0 Å². The molecule has 0 amide bonds. The van der Waals surface area contributed by atoms with Gasteiger partial charge in [0, 0.05) is 24.4 Å². The molecule has 1 unspecified atom stereocenters. The van der Waals surface area contributed by atoms with Crippen molar-refractivity contribution in [3.05, 3.63) is 69.9 Å². The van der Waals surface area contributed by atoms with Gasteiger partial charge in [0.15, 0.2) is 5.96 Å². The van der Waals surface area contributed by atoms with Crippen molar-refractivity contribution < 1.29 is 0 Å². The lowest BCUT2D eigenvalue weighted by Gasteiger charge is -2.20. The molecule has 0 spiro atoms. The molecule has 30 heavy (non-hydrogen) atoms. The average molecular weight is 539 g/mol. The van der Waals surface area contributed by atoms with Gasteiger partial charge in [0.1, 0.15) is 12.2 Å². The number of nitrogens with one attached hydrogen (secondary N) is 2. The molecule has 1 aromatic carbocycles. The highest BCUT2D eigenvalue weighted by Crippen LogP contribution is 2.21. The van der Waals surface area contributed by atoms with Gasteiger partial charge in [-0.05, 0) is 30.4 Å². The van der Waals surface area contributed by atoms with Crippen LogP contribution in [0.2, 0.25) is 0 Å². The van der Waals surface area contributed by atoms with Crippen molar-refractivity contribution in [3.8, 4) is 0 Å². The molecule has 6 nitrogen and oxygen atoms in total. The van der Waals surface area contributed by atoms with Gasteiger partial charge < -0.3 is 15.2 Å². The van der Waals surface area contributed by atoms with Crippen LogP contribution >= 0.6 is 35.3 Å². The summed E-state index contributed by atoms with van der Waals surface area (Å²) >= 11 is 1.77. The van der Waals surface area contributed by atoms with Gasteiger partial charge in [-0.2, -0.15) is 0 Å². The Balaban J connectivity index is 0.00000320. The second-order valence-corrected chi connectivity index (χ2v) is 7.97. The lowest BCUT2D eigenvalue weighted by atomic mass is 10.1. The number of hydrogen-bond acceptors (Lipinski definition) is 4. The van der Waals surface area contributed by atoms with Crippen molar-refractivity contribution in [2.45, 2.75) is 52.7 Å². The normalized spacial score (nSPS) is 12.3. The maximum atomic E-state index is 4.84. The molecular formula is C22H31IN6S. The van der Waals surface area contributed by atoms with Crippen LogP contribution in [0.3, 0.4) is 0 Å². The fraction of sp³-hybridized carbons (Fsp3) is 0.409. The van der Waals surface area contributed by atoms with Gasteiger partial charge in [-0.25, -0.2) is 4.99 Å². The van der Waals surface area contributed by atoms with E-state index in [0.717, 1.165) is 37.7 Å². The molecule has 0 aliphatic rings. The minimum Gasteiger partial charge on any atom is -0.355 e. The maximum absolute atomic E-state index is 4.84. The minimum absolute atomic E-state index is 0. The molecule has 0 saturated carbocycles. The van der Waals surface area contributed by atoms with Crippen LogP contribution in [0.5, 0.6) is 0 Å². The predicted octanol–water partition coefficient (Wildman–Crippen LogP) is 4.72. The SMILES string of the molecule is CCc1nncn1CCNC(=NCc1ccc(C)cc1)NC(CC)c1cccs1.I. The highest BCUT2D eigenvalue weighted by atomic mass is 127. The summed E-state index contributed by atoms with van der Waals surface area (Å²) in [6.45, 7) is 8.59. The second-order valence-electron chi connectivity index (χ2n) is 6.99. The zero-order chi connectivity index (χ0) is 20.5. The summed E-state index contributed by atoms with van der Waals surface area (Å²) in [4.78, 5) is 6.16. The smallest absolute Gasteiger partial charge is 0.192 e. The molecule has 0 fully saturated rings.